The van der Waals surface area contributed by atoms with Gasteiger partial charge in [-0.3, -0.25) is 0 Å². The van der Waals surface area contributed by atoms with E-state index in [1.54, 1.807) is 19.2 Å². The molecule has 1 aromatic rings. The number of nitrogens with one attached hydrogen (secondary N) is 1. The molecule has 0 aliphatic rings. The lowest BCUT2D eigenvalue weighted by Crippen LogP contribution is -2.51. The Labute approximate surface area is 88.9 Å². The summed E-state index contributed by atoms with van der Waals surface area (Å²) in [6.45, 7) is 0. The zero-order chi connectivity index (χ0) is 10.8. The number of hydrogen-bond donors (Lipinski definition) is 1. The topological polar surface area (TPSA) is 29.1 Å². The largest absolute Gasteiger partial charge is 0.420 e. The maximum atomic E-state index is 11.5. The molecule has 4 heteroatoms. The quantitative estimate of drug-likeness (QED) is 0.713. The second-order valence-corrected chi connectivity index (χ2v) is 3.92. The van der Waals surface area contributed by atoms with Crippen LogP contribution >= 0.6 is 11.6 Å². The van der Waals surface area contributed by atoms with E-state index < -0.39 is 0 Å². The molecule has 0 atom stereocenters. The van der Waals surface area contributed by atoms with Gasteiger partial charge in [-0.15, -0.1) is 0 Å². The number of carbonyl (C=O) groups excluding carboxylic acids is 1. The van der Waals surface area contributed by atoms with E-state index in [-0.39, 0.29) is 10.5 Å². The molecule has 0 saturated heterocycles. The Bertz CT molecular complexity index is 332. The highest BCUT2D eigenvalue weighted by Gasteiger charge is 2.27. The van der Waals surface area contributed by atoms with Crippen LogP contribution in [-0.4, -0.2) is 27.2 Å². The van der Waals surface area contributed by atoms with Gasteiger partial charge in [-0.25, -0.2) is 9.28 Å². The van der Waals surface area contributed by atoms with Crippen LogP contribution in [0.2, 0.25) is 5.02 Å². The normalized spacial score (nSPS) is 11.1. The van der Waals surface area contributed by atoms with Crippen molar-refractivity contribution in [2.75, 3.05) is 21.1 Å². The van der Waals surface area contributed by atoms with Gasteiger partial charge in [-0.05, 0) is 12.1 Å². The van der Waals surface area contributed by atoms with E-state index in [4.69, 9.17) is 11.6 Å². The third kappa shape index (κ3) is 2.05. The molecule has 0 aliphatic heterocycles. The van der Waals surface area contributed by atoms with E-state index in [0.717, 1.165) is 5.69 Å². The SMILES string of the molecule is CNC(=O)[N+](C)(C)c1ccc(Cl)cc1. The van der Waals surface area contributed by atoms with Crippen molar-refractivity contribution in [3.63, 3.8) is 0 Å². The van der Waals surface area contributed by atoms with Crippen LogP contribution in [0.4, 0.5) is 10.5 Å². The molecule has 0 bridgehead atoms. The molecular formula is C10H14ClN2O+. The minimum atomic E-state index is -0.0627. The van der Waals surface area contributed by atoms with Gasteiger partial charge in [0.2, 0.25) is 0 Å². The molecule has 1 rings (SSSR count). The maximum Gasteiger partial charge on any atom is 0.420 e. The van der Waals surface area contributed by atoms with Crippen LogP contribution in [0.5, 0.6) is 0 Å². The van der Waals surface area contributed by atoms with Crippen molar-refractivity contribution in [2.45, 2.75) is 0 Å². The standard InChI is InChI=1S/C10H13ClN2O/c1-12-10(14)13(2,3)9-6-4-8(11)5-7-9/h4-7H,1-3H3/p+1. The summed E-state index contributed by atoms with van der Waals surface area (Å²) in [4.78, 5) is 11.5. The Morgan fingerprint density at radius 3 is 2.21 bits per heavy atom. The molecule has 0 aliphatic carbocycles. The number of rotatable bonds is 1. The Morgan fingerprint density at radius 2 is 1.79 bits per heavy atom. The third-order valence-corrected chi connectivity index (χ3v) is 2.45. The molecule has 1 N–H and O–H groups in total. The van der Waals surface area contributed by atoms with Crippen LogP contribution in [0.3, 0.4) is 0 Å². The van der Waals surface area contributed by atoms with Crippen molar-refractivity contribution in [1.82, 2.24) is 9.80 Å². The molecule has 2 amide bonds. The Hall–Kier alpha value is -1.06. The minimum Gasteiger partial charge on any atom is -0.308 e. The Kier molecular flexibility index (Phi) is 3.13. The summed E-state index contributed by atoms with van der Waals surface area (Å²) < 4.78 is 0.160. The number of quaternary nitrogens is 1. The number of halogens is 1. The van der Waals surface area contributed by atoms with Crippen molar-refractivity contribution in [2.24, 2.45) is 0 Å². The van der Waals surface area contributed by atoms with E-state index in [0.29, 0.717) is 5.02 Å². The molecule has 0 aromatic heterocycles. The summed E-state index contributed by atoms with van der Waals surface area (Å²) in [5, 5.41) is 3.29. The Morgan fingerprint density at radius 1 is 1.29 bits per heavy atom. The number of amides is 2. The van der Waals surface area contributed by atoms with E-state index in [1.807, 2.05) is 26.2 Å². The van der Waals surface area contributed by atoms with Gasteiger partial charge in [0, 0.05) is 24.2 Å². The first-order valence-corrected chi connectivity index (χ1v) is 4.68. The molecule has 0 heterocycles. The monoisotopic (exact) mass is 213 g/mol. The van der Waals surface area contributed by atoms with Crippen LogP contribution in [0, 0.1) is 0 Å². The summed E-state index contributed by atoms with van der Waals surface area (Å²) in [5.41, 5.74) is 0.897. The van der Waals surface area contributed by atoms with Crippen LogP contribution in [0.25, 0.3) is 0 Å². The van der Waals surface area contributed by atoms with E-state index in [9.17, 15) is 4.79 Å². The summed E-state index contributed by atoms with van der Waals surface area (Å²) in [6, 6.07) is 7.18. The van der Waals surface area contributed by atoms with Crippen molar-refractivity contribution in [1.29, 1.82) is 0 Å². The smallest absolute Gasteiger partial charge is 0.308 e. The summed E-state index contributed by atoms with van der Waals surface area (Å²) in [6.07, 6.45) is 0. The number of nitrogens with zero attached hydrogens (tertiary/aromatic N) is 1. The van der Waals surface area contributed by atoms with Gasteiger partial charge in [0.1, 0.15) is 5.69 Å². The number of urea groups is 1. The van der Waals surface area contributed by atoms with Gasteiger partial charge in [-0.1, -0.05) is 11.6 Å². The highest BCUT2D eigenvalue weighted by atomic mass is 35.5. The summed E-state index contributed by atoms with van der Waals surface area (Å²) in [7, 11) is 5.27. The van der Waals surface area contributed by atoms with E-state index in [2.05, 4.69) is 5.32 Å². The van der Waals surface area contributed by atoms with Crippen molar-refractivity contribution in [3.05, 3.63) is 29.3 Å². The molecule has 76 valence electrons. The van der Waals surface area contributed by atoms with Gasteiger partial charge in [0.25, 0.3) is 0 Å². The fraction of sp³-hybridized carbons (Fsp3) is 0.300. The third-order valence-electron chi connectivity index (χ3n) is 2.19. The number of carbonyl (C=O) groups is 1. The average molecular weight is 214 g/mol. The highest BCUT2D eigenvalue weighted by molar-refractivity contribution is 6.30. The molecule has 0 radical (unpaired) electrons. The summed E-state index contributed by atoms with van der Waals surface area (Å²) >= 11 is 5.77. The molecule has 0 unspecified atom stereocenters. The van der Waals surface area contributed by atoms with Gasteiger partial charge < -0.3 is 5.32 Å². The minimum absolute atomic E-state index is 0.0627. The van der Waals surface area contributed by atoms with Gasteiger partial charge in [-0.2, -0.15) is 0 Å². The first kappa shape index (κ1) is 11.0. The fourth-order valence-electron chi connectivity index (χ4n) is 1.21. The average Bonchev–Trinajstić information content (AvgIpc) is 2.17. The lowest BCUT2D eigenvalue weighted by Gasteiger charge is -2.25. The highest BCUT2D eigenvalue weighted by Crippen LogP contribution is 2.21. The van der Waals surface area contributed by atoms with Crippen molar-refractivity contribution < 1.29 is 4.79 Å². The number of hydrogen-bond acceptors (Lipinski definition) is 1. The van der Waals surface area contributed by atoms with Gasteiger partial charge in [0.15, 0.2) is 0 Å². The summed E-state index contributed by atoms with van der Waals surface area (Å²) in [5.74, 6) is 0. The van der Waals surface area contributed by atoms with Crippen molar-refractivity contribution >= 4 is 23.3 Å². The predicted octanol–water partition coefficient (Wildman–Crippen LogP) is 2.25. The molecule has 14 heavy (non-hydrogen) atoms. The molecule has 0 fully saturated rings. The van der Waals surface area contributed by atoms with Crippen LogP contribution < -0.4 is 9.80 Å². The van der Waals surface area contributed by atoms with Crippen LogP contribution in [0.1, 0.15) is 0 Å². The number of benzene rings is 1. The first-order chi connectivity index (χ1) is 6.48. The predicted molar refractivity (Wildman–Crippen MR) is 59.5 cm³/mol. The van der Waals surface area contributed by atoms with Gasteiger partial charge in [0.05, 0.1) is 14.1 Å². The zero-order valence-corrected chi connectivity index (χ0v) is 9.30. The lowest BCUT2D eigenvalue weighted by molar-refractivity contribution is 0.219. The first-order valence-electron chi connectivity index (χ1n) is 4.31. The molecular weight excluding hydrogens is 200 g/mol. The molecule has 3 nitrogen and oxygen atoms in total. The second-order valence-electron chi connectivity index (χ2n) is 3.49. The van der Waals surface area contributed by atoms with E-state index in [1.165, 1.54) is 0 Å². The Balaban J connectivity index is 3.03. The van der Waals surface area contributed by atoms with Crippen LogP contribution in [-0.2, 0) is 0 Å². The second kappa shape index (κ2) is 3.98. The molecule has 1 aromatic carbocycles. The fourth-order valence-corrected chi connectivity index (χ4v) is 1.34. The molecule has 0 spiro atoms. The maximum absolute atomic E-state index is 11.5. The van der Waals surface area contributed by atoms with Gasteiger partial charge >= 0.3 is 6.03 Å². The van der Waals surface area contributed by atoms with Crippen molar-refractivity contribution in [3.8, 4) is 0 Å². The van der Waals surface area contributed by atoms with Crippen LogP contribution in [0.15, 0.2) is 24.3 Å². The van der Waals surface area contributed by atoms with E-state index >= 15 is 0 Å². The zero-order valence-electron chi connectivity index (χ0n) is 8.54. The molecule has 0 saturated carbocycles. The lowest BCUT2D eigenvalue weighted by atomic mass is 10.3.